The van der Waals surface area contributed by atoms with Gasteiger partial charge in [0.15, 0.2) is 0 Å². The average Bonchev–Trinajstić information content (AvgIpc) is 2.74. The summed E-state index contributed by atoms with van der Waals surface area (Å²) >= 11 is 0. The summed E-state index contributed by atoms with van der Waals surface area (Å²) in [6.45, 7) is 0.980. The van der Waals surface area contributed by atoms with Gasteiger partial charge in [-0.3, -0.25) is 14.5 Å². The number of rotatable bonds is 9. The highest BCUT2D eigenvalue weighted by Gasteiger charge is 2.09. The fourth-order valence-electron chi connectivity index (χ4n) is 3.20. The molecule has 154 valence electrons. The minimum Gasteiger partial charge on any atom is -0.326 e. The molecular formula is C25H27N3O2. The van der Waals surface area contributed by atoms with Crippen LogP contribution in [0.25, 0.3) is 0 Å². The molecule has 0 saturated carbocycles. The summed E-state index contributed by atoms with van der Waals surface area (Å²) in [6.07, 6.45) is 1.10. The van der Waals surface area contributed by atoms with Crippen LogP contribution >= 0.6 is 0 Å². The molecule has 2 amide bonds. The molecule has 3 aromatic rings. The van der Waals surface area contributed by atoms with E-state index in [9.17, 15) is 9.59 Å². The molecule has 0 aliphatic carbocycles. The summed E-state index contributed by atoms with van der Waals surface area (Å²) in [5.74, 6) is -0.147. The average molecular weight is 402 g/mol. The lowest BCUT2D eigenvalue weighted by Gasteiger charge is -2.16. The number of carbonyl (C=O) groups excluding carboxylic acids is 2. The van der Waals surface area contributed by atoms with Gasteiger partial charge in [0.2, 0.25) is 11.8 Å². The summed E-state index contributed by atoms with van der Waals surface area (Å²) < 4.78 is 0. The summed E-state index contributed by atoms with van der Waals surface area (Å²) in [7, 11) is 1.91. The van der Waals surface area contributed by atoms with Crippen molar-refractivity contribution < 1.29 is 9.59 Å². The molecule has 0 atom stereocenters. The number of anilines is 2. The predicted octanol–water partition coefficient (Wildman–Crippen LogP) is 4.33. The third-order valence-corrected chi connectivity index (χ3v) is 4.62. The monoisotopic (exact) mass is 401 g/mol. The van der Waals surface area contributed by atoms with Crippen molar-refractivity contribution in [2.45, 2.75) is 19.4 Å². The topological polar surface area (TPSA) is 61.4 Å². The molecule has 0 aromatic heterocycles. The molecule has 0 fully saturated rings. The van der Waals surface area contributed by atoms with E-state index in [-0.39, 0.29) is 18.4 Å². The van der Waals surface area contributed by atoms with E-state index < -0.39 is 0 Å². The van der Waals surface area contributed by atoms with Crippen molar-refractivity contribution in [1.29, 1.82) is 0 Å². The minimum absolute atomic E-state index is 0.0510. The normalized spacial score (nSPS) is 10.6. The van der Waals surface area contributed by atoms with Gasteiger partial charge in [-0.2, -0.15) is 0 Å². The van der Waals surface area contributed by atoms with Crippen molar-refractivity contribution in [3.05, 3.63) is 96.1 Å². The fraction of sp³-hybridized carbons (Fsp3) is 0.200. The third-order valence-electron chi connectivity index (χ3n) is 4.62. The van der Waals surface area contributed by atoms with Gasteiger partial charge < -0.3 is 10.6 Å². The largest absolute Gasteiger partial charge is 0.326 e. The molecule has 0 unspecified atom stereocenters. The summed E-state index contributed by atoms with van der Waals surface area (Å²) in [5.41, 5.74) is 3.62. The van der Waals surface area contributed by atoms with Crippen LogP contribution in [0.15, 0.2) is 84.9 Å². The highest BCUT2D eigenvalue weighted by Crippen LogP contribution is 2.16. The molecule has 0 aliphatic heterocycles. The number of carbonyl (C=O) groups is 2. The molecule has 0 heterocycles. The van der Waals surface area contributed by atoms with Gasteiger partial charge >= 0.3 is 0 Å². The molecule has 30 heavy (non-hydrogen) atoms. The highest BCUT2D eigenvalue weighted by atomic mass is 16.2. The van der Waals surface area contributed by atoms with Gasteiger partial charge in [-0.25, -0.2) is 0 Å². The molecule has 5 heteroatoms. The van der Waals surface area contributed by atoms with E-state index in [0.717, 1.165) is 11.1 Å². The second kappa shape index (κ2) is 10.9. The van der Waals surface area contributed by atoms with E-state index in [1.807, 2.05) is 90.8 Å². The van der Waals surface area contributed by atoms with Crippen molar-refractivity contribution >= 4 is 23.2 Å². The van der Waals surface area contributed by atoms with Crippen LogP contribution in [0, 0.1) is 0 Å². The molecule has 0 aliphatic rings. The molecular weight excluding hydrogens is 374 g/mol. The van der Waals surface area contributed by atoms with Gasteiger partial charge in [-0.1, -0.05) is 66.7 Å². The quantitative estimate of drug-likeness (QED) is 0.561. The number of aryl methyl sites for hydroxylation is 1. The summed E-state index contributed by atoms with van der Waals surface area (Å²) in [6, 6.07) is 27.2. The van der Waals surface area contributed by atoms with E-state index in [1.54, 1.807) is 6.07 Å². The Morgan fingerprint density at radius 3 is 1.93 bits per heavy atom. The zero-order valence-corrected chi connectivity index (χ0v) is 17.2. The van der Waals surface area contributed by atoms with Crippen LogP contribution in [-0.2, 0) is 22.6 Å². The summed E-state index contributed by atoms with van der Waals surface area (Å²) in [5, 5.41) is 5.80. The number of nitrogens with zero attached hydrogens (tertiary/aromatic N) is 1. The van der Waals surface area contributed by atoms with Gasteiger partial charge in [0.05, 0.1) is 6.54 Å². The Balaban J connectivity index is 1.47. The lowest BCUT2D eigenvalue weighted by atomic mass is 10.1. The van der Waals surface area contributed by atoms with Crippen molar-refractivity contribution in [2.75, 3.05) is 24.2 Å². The second-order valence-electron chi connectivity index (χ2n) is 7.32. The fourth-order valence-corrected chi connectivity index (χ4v) is 3.20. The van der Waals surface area contributed by atoms with Crippen LogP contribution in [0.1, 0.15) is 17.5 Å². The Bertz CT molecular complexity index is 958. The van der Waals surface area contributed by atoms with Gasteiger partial charge in [0, 0.05) is 24.3 Å². The predicted molar refractivity (Wildman–Crippen MR) is 121 cm³/mol. The molecule has 0 spiro atoms. The maximum Gasteiger partial charge on any atom is 0.238 e. The van der Waals surface area contributed by atoms with E-state index in [4.69, 9.17) is 0 Å². The van der Waals surface area contributed by atoms with Gasteiger partial charge in [-0.05, 0) is 42.8 Å². The molecule has 0 radical (unpaired) electrons. The van der Waals surface area contributed by atoms with Crippen LogP contribution in [0.4, 0.5) is 11.4 Å². The molecule has 2 N–H and O–H groups in total. The lowest BCUT2D eigenvalue weighted by molar-refractivity contribution is -0.117. The number of likely N-dealkylation sites (N-methyl/N-ethyl adjacent to an activating group) is 1. The van der Waals surface area contributed by atoms with Crippen LogP contribution in [0.5, 0.6) is 0 Å². The number of benzene rings is 3. The second-order valence-corrected chi connectivity index (χ2v) is 7.32. The highest BCUT2D eigenvalue weighted by molar-refractivity contribution is 5.94. The van der Waals surface area contributed by atoms with Crippen molar-refractivity contribution in [3.63, 3.8) is 0 Å². The Kier molecular flexibility index (Phi) is 7.75. The van der Waals surface area contributed by atoms with Crippen molar-refractivity contribution in [1.82, 2.24) is 4.90 Å². The van der Waals surface area contributed by atoms with E-state index in [2.05, 4.69) is 10.6 Å². The Morgan fingerprint density at radius 1 is 0.733 bits per heavy atom. The van der Waals surface area contributed by atoms with E-state index in [1.165, 1.54) is 0 Å². The third kappa shape index (κ3) is 7.18. The first-order valence-corrected chi connectivity index (χ1v) is 10.0. The zero-order chi connectivity index (χ0) is 21.2. The van der Waals surface area contributed by atoms with Gasteiger partial charge in [0.1, 0.15) is 0 Å². The van der Waals surface area contributed by atoms with Crippen LogP contribution in [0.2, 0.25) is 0 Å². The van der Waals surface area contributed by atoms with E-state index in [0.29, 0.717) is 30.8 Å². The SMILES string of the molecule is CN(CC(=O)Nc1cccc(NC(=O)CCc2ccccc2)c1)Cc1ccccc1. The molecule has 3 rings (SSSR count). The van der Waals surface area contributed by atoms with Crippen LogP contribution < -0.4 is 10.6 Å². The molecule has 3 aromatic carbocycles. The van der Waals surface area contributed by atoms with Gasteiger partial charge in [-0.15, -0.1) is 0 Å². The van der Waals surface area contributed by atoms with Crippen LogP contribution in [0.3, 0.4) is 0 Å². The number of hydrogen-bond acceptors (Lipinski definition) is 3. The van der Waals surface area contributed by atoms with Crippen molar-refractivity contribution in [3.8, 4) is 0 Å². The maximum atomic E-state index is 12.4. The number of amides is 2. The Morgan fingerprint density at radius 2 is 1.30 bits per heavy atom. The summed E-state index contributed by atoms with van der Waals surface area (Å²) in [4.78, 5) is 26.6. The standard InChI is InChI=1S/C25H27N3O2/c1-28(18-21-11-6-3-7-12-21)19-25(30)27-23-14-8-13-22(17-23)26-24(29)16-15-20-9-4-2-5-10-20/h2-14,17H,15-16,18-19H2,1H3,(H,26,29)(H,27,30). The lowest BCUT2D eigenvalue weighted by Crippen LogP contribution is -2.29. The zero-order valence-electron chi connectivity index (χ0n) is 17.2. The van der Waals surface area contributed by atoms with Crippen LogP contribution in [-0.4, -0.2) is 30.3 Å². The smallest absolute Gasteiger partial charge is 0.238 e. The molecule has 5 nitrogen and oxygen atoms in total. The maximum absolute atomic E-state index is 12.4. The first-order valence-electron chi connectivity index (χ1n) is 10.0. The minimum atomic E-state index is -0.0963. The number of hydrogen-bond donors (Lipinski definition) is 2. The van der Waals surface area contributed by atoms with Crippen molar-refractivity contribution in [2.24, 2.45) is 0 Å². The van der Waals surface area contributed by atoms with E-state index >= 15 is 0 Å². The molecule has 0 saturated heterocycles. The van der Waals surface area contributed by atoms with Gasteiger partial charge in [0.25, 0.3) is 0 Å². The number of nitrogens with one attached hydrogen (secondary N) is 2. The first kappa shape index (κ1) is 21.3. The first-order chi connectivity index (χ1) is 14.6. The Labute approximate surface area is 177 Å². The Hall–Kier alpha value is -3.44. The molecule has 0 bridgehead atoms.